The molecule has 3 aromatic carbocycles. The molecule has 8 atom stereocenters. The zero-order valence-electron chi connectivity index (χ0n) is 44.2. The van der Waals surface area contributed by atoms with Crippen molar-refractivity contribution in [1.29, 1.82) is 0 Å². The summed E-state index contributed by atoms with van der Waals surface area (Å²) in [6.07, 6.45) is 8.16. The van der Waals surface area contributed by atoms with Crippen molar-refractivity contribution >= 4 is 47.3 Å². The zero-order valence-corrected chi connectivity index (χ0v) is 44.2. The minimum atomic E-state index is -0.985. The number of phenols is 1. The second kappa shape index (κ2) is 22.9. The summed E-state index contributed by atoms with van der Waals surface area (Å²) in [6.45, 7) is 14.0. The van der Waals surface area contributed by atoms with Gasteiger partial charge in [-0.05, 0) is 157 Å². The van der Waals surface area contributed by atoms with Crippen molar-refractivity contribution in [2.75, 3.05) is 25.0 Å². The highest BCUT2D eigenvalue weighted by atomic mass is 16.5. The molecule has 0 radical (unpaired) electrons. The van der Waals surface area contributed by atoms with Gasteiger partial charge in [0, 0.05) is 19.2 Å². The van der Waals surface area contributed by atoms with E-state index in [4.69, 9.17) is 15.2 Å². The molecule has 9 N–H and O–H groups in total. The molecule has 7 rings (SSSR count). The number of anilines is 1. The van der Waals surface area contributed by atoms with Crippen LogP contribution in [0.4, 0.5) is 15.3 Å². The first kappa shape index (κ1) is 55.1. The predicted octanol–water partition coefficient (Wildman–Crippen LogP) is 7.09. The van der Waals surface area contributed by atoms with Crippen LogP contribution < -0.4 is 42.4 Å². The maximum atomic E-state index is 14.6. The van der Waals surface area contributed by atoms with Crippen LogP contribution >= 0.6 is 0 Å². The summed E-state index contributed by atoms with van der Waals surface area (Å²) in [6, 6.07) is 15.9. The maximum Gasteiger partial charge on any atom is 0.407 e. The molecule has 0 saturated heterocycles. The van der Waals surface area contributed by atoms with Crippen molar-refractivity contribution in [2.45, 2.75) is 155 Å². The van der Waals surface area contributed by atoms with Gasteiger partial charge >= 0.3 is 12.1 Å². The first-order valence-electron chi connectivity index (χ1n) is 26.4. The summed E-state index contributed by atoms with van der Waals surface area (Å²) in [4.78, 5) is 91.3. The standard InChI is InChI=1S/C57H77N7O10/c1-34(2)47(61-35(3)65)49(68)63-44(11-8-28-59-52(58)71)48(67)62-39-18-12-36(13-19-39)33-74-53(72)60-29-30-73-41-21-15-38-17-23-46-55(5,43(38)32-41)25-10-27-57(46,7)51(70)64-50(69)56(6)26-9-24-54(4)42-31-40(66)20-14-37(42)16-22-45(54)56/h12-15,18-21,31-32,34,44-47,66H,8-11,16-17,22-30,33H2,1-7H3,(H,60,72)(H,61,65)(H,62,67)(H,63,68)(H3,58,59,71)(H,64,69,70)/t44-,45+,46+,47-,54+,55+,56-,57-/m0/s1. The highest BCUT2D eigenvalue weighted by Gasteiger charge is 2.58. The quantitative estimate of drug-likeness (QED) is 0.0474. The van der Waals surface area contributed by atoms with E-state index in [1.54, 1.807) is 44.2 Å². The third-order valence-electron chi connectivity index (χ3n) is 17.1. The Morgan fingerprint density at radius 3 is 1.91 bits per heavy atom. The first-order valence-corrected chi connectivity index (χ1v) is 26.4. The number of alkyl carbamates (subject to hydrolysis) is 1. The van der Waals surface area contributed by atoms with E-state index in [1.165, 1.54) is 18.1 Å². The van der Waals surface area contributed by atoms with E-state index in [0.29, 0.717) is 36.3 Å². The van der Waals surface area contributed by atoms with Crippen molar-refractivity contribution in [1.82, 2.24) is 26.6 Å². The molecule has 17 heteroatoms. The lowest BCUT2D eigenvalue weighted by atomic mass is 9.49. The molecule has 0 aromatic heterocycles. The minimum Gasteiger partial charge on any atom is -0.508 e. The maximum absolute atomic E-state index is 14.6. The van der Waals surface area contributed by atoms with E-state index in [-0.39, 0.29) is 84.8 Å². The summed E-state index contributed by atoms with van der Waals surface area (Å²) >= 11 is 0. The molecule has 0 heterocycles. The van der Waals surface area contributed by atoms with Crippen LogP contribution in [0.15, 0.2) is 60.7 Å². The Balaban J connectivity index is 0.894. The molecule has 17 nitrogen and oxygen atoms in total. The Hall–Kier alpha value is -6.65. The SMILES string of the molecule is CC(=O)N[C@H](C(=O)N[C@@H](CCCNC(N)=O)C(=O)Nc1ccc(COC(=O)NCCOc2ccc3c(c2)[C@@]2(C)CCC[C@](C)(C(=O)NC(=O)[C@@]4(C)CCC[C@]5(C)c6cc(O)ccc6CC[C@@H]45)[C@@H]2CC3)cc1)C(C)C. The molecule has 3 aromatic rings. The normalized spacial score (nSPS) is 25.5. The molecule has 2 fully saturated rings. The number of rotatable bonds is 18. The lowest BCUT2D eigenvalue weighted by Gasteiger charge is -2.56. The Bertz CT molecular complexity index is 2610. The number of carbonyl (C=O) groups excluding carboxylic acids is 7. The van der Waals surface area contributed by atoms with E-state index >= 15 is 0 Å². The molecule has 4 aliphatic carbocycles. The zero-order chi connectivity index (χ0) is 53.6. The molecular formula is C57H77N7O10. The highest BCUT2D eigenvalue weighted by Crippen LogP contribution is 2.60. The van der Waals surface area contributed by atoms with Gasteiger partial charge in [-0.3, -0.25) is 29.3 Å². The number of primary amides is 1. The van der Waals surface area contributed by atoms with Crippen molar-refractivity contribution in [3.05, 3.63) is 88.5 Å². The summed E-state index contributed by atoms with van der Waals surface area (Å²) in [5, 5.41) is 26.8. The number of nitrogens with one attached hydrogen (secondary N) is 6. The predicted molar refractivity (Wildman–Crippen MR) is 280 cm³/mol. The number of aromatic hydroxyl groups is 1. The number of aryl methyl sites for hydroxylation is 2. The largest absolute Gasteiger partial charge is 0.508 e. The lowest BCUT2D eigenvalue weighted by molar-refractivity contribution is -0.150. The molecule has 2 saturated carbocycles. The van der Waals surface area contributed by atoms with Crippen LogP contribution in [0.5, 0.6) is 11.5 Å². The van der Waals surface area contributed by atoms with Crippen LogP contribution in [-0.4, -0.2) is 78.5 Å². The number of benzene rings is 3. The second-order valence-electron chi connectivity index (χ2n) is 22.5. The Labute approximate surface area is 435 Å². The third kappa shape index (κ3) is 12.0. The van der Waals surface area contributed by atoms with E-state index < -0.39 is 46.9 Å². The Kier molecular flexibility index (Phi) is 17.0. The van der Waals surface area contributed by atoms with Gasteiger partial charge in [-0.1, -0.05) is 78.6 Å². The fourth-order valence-corrected chi connectivity index (χ4v) is 13.1. The van der Waals surface area contributed by atoms with E-state index in [1.807, 2.05) is 25.1 Å². The van der Waals surface area contributed by atoms with Crippen molar-refractivity contribution in [3.63, 3.8) is 0 Å². The molecule has 0 bridgehead atoms. The number of amides is 8. The molecule has 74 heavy (non-hydrogen) atoms. The van der Waals surface area contributed by atoms with Gasteiger partial charge in [0.1, 0.15) is 36.8 Å². The minimum absolute atomic E-state index is 0.00148. The molecule has 4 aliphatic rings. The molecule has 0 unspecified atom stereocenters. The molecule has 400 valence electrons. The van der Waals surface area contributed by atoms with Crippen LogP contribution in [0.2, 0.25) is 0 Å². The van der Waals surface area contributed by atoms with Crippen LogP contribution in [0.25, 0.3) is 0 Å². The van der Waals surface area contributed by atoms with Crippen LogP contribution in [0.3, 0.4) is 0 Å². The van der Waals surface area contributed by atoms with Gasteiger partial charge in [-0.25, -0.2) is 9.59 Å². The highest BCUT2D eigenvalue weighted by molar-refractivity contribution is 6.01. The van der Waals surface area contributed by atoms with Crippen LogP contribution in [0, 0.1) is 28.6 Å². The van der Waals surface area contributed by atoms with Gasteiger partial charge in [0.15, 0.2) is 0 Å². The lowest BCUT2D eigenvalue weighted by Crippen LogP contribution is -2.60. The van der Waals surface area contributed by atoms with Gasteiger partial charge in [0.25, 0.3) is 0 Å². The summed E-state index contributed by atoms with van der Waals surface area (Å²) in [7, 11) is 0. The van der Waals surface area contributed by atoms with Crippen molar-refractivity contribution < 1.29 is 48.1 Å². The third-order valence-corrected chi connectivity index (χ3v) is 17.1. The van der Waals surface area contributed by atoms with E-state index in [0.717, 1.165) is 62.5 Å². The number of hydrogen-bond acceptors (Lipinski definition) is 10. The Morgan fingerprint density at radius 1 is 0.730 bits per heavy atom. The second-order valence-corrected chi connectivity index (χ2v) is 22.5. The number of hydrogen-bond donors (Lipinski definition) is 8. The van der Waals surface area contributed by atoms with Gasteiger partial charge in [-0.2, -0.15) is 0 Å². The number of urea groups is 1. The number of nitrogens with two attached hydrogens (primary N) is 1. The molecular weight excluding hydrogens is 943 g/mol. The molecule has 0 aliphatic heterocycles. The number of fused-ring (bicyclic) bond motifs is 6. The number of imide groups is 1. The average molecular weight is 1020 g/mol. The van der Waals surface area contributed by atoms with Crippen LogP contribution in [0.1, 0.15) is 140 Å². The van der Waals surface area contributed by atoms with Gasteiger partial charge in [0.05, 0.1) is 17.4 Å². The fourth-order valence-electron chi connectivity index (χ4n) is 13.1. The fraction of sp³-hybridized carbons (Fsp3) is 0.561. The van der Waals surface area contributed by atoms with Gasteiger partial charge in [0.2, 0.25) is 29.5 Å². The van der Waals surface area contributed by atoms with Gasteiger partial charge in [-0.15, -0.1) is 0 Å². The van der Waals surface area contributed by atoms with Crippen molar-refractivity contribution in [3.8, 4) is 11.5 Å². The van der Waals surface area contributed by atoms with Gasteiger partial charge < -0.3 is 46.9 Å². The smallest absolute Gasteiger partial charge is 0.407 e. The van der Waals surface area contributed by atoms with E-state index in [2.05, 4.69) is 64.8 Å². The Morgan fingerprint density at radius 2 is 1.32 bits per heavy atom. The van der Waals surface area contributed by atoms with Crippen LogP contribution in [-0.2, 0) is 59.0 Å². The summed E-state index contributed by atoms with van der Waals surface area (Å²) in [5.74, 6) is -1.06. The first-order chi connectivity index (χ1) is 35.1. The molecule has 8 amide bonds. The number of carbonyl (C=O) groups is 7. The molecule has 0 spiro atoms. The monoisotopic (exact) mass is 1020 g/mol. The number of ether oxygens (including phenoxy) is 2. The average Bonchev–Trinajstić information content (AvgIpc) is 3.35. The summed E-state index contributed by atoms with van der Waals surface area (Å²) < 4.78 is 11.6. The topological polar surface area (TPSA) is 256 Å². The van der Waals surface area contributed by atoms with E-state index in [9.17, 15) is 38.7 Å². The number of phenolic OH excluding ortho intramolecular Hbond substituents is 1. The van der Waals surface area contributed by atoms with Crippen molar-refractivity contribution in [2.24, 2.45) is 34.3 Å². The summed E-state index contributed by atoms with van der Waals surface area (Å²) in [5.41, 5.74) is 8.93.